The molecule has 8 heteroatoms. The molecule has 2 aromatic heterocycles. The quantitative estimate of drug-likeness (QED) is 0.492. The Morgan fingerprint density at radius 2 is 1.93 bits per heavy atom. The number of carbonyl (C=O) groups is 1. The van der Waals surface area contributed by atoms with E-state index in [1.165, 1.54) is 12.1 Å². The first-order valence-electron chi connectivity index (χ1n) is 9.41. The van der Waals surface area contributed by atoms with Gasteiger partial charge in [0.25, 0.3) is 5.89 Å². The second-order valence-electron chi connectivity index (χ2n) is 6.43. The number of halogens is 1. The third kappa shape index (κ3) is 4.22. The summed E-state index contributed by atoms with van der Waals surface area (Å²) in [6.07, 6.45) is 1.76. The van der Waals surface area contributed by atoms with Gasteiger partial charge in [-0.3, -0.25) is 4.79 Å². The fourth-order valence-electron chi connectivity index (χ4n) is 2.99. The van der Waals surface area contributed by atoms with Gasteiger partial charge in [-0.1, -0.05) is 17.3 Å². The average molecular weight is 406 g/mol. The van der Waals surface area contributed by atoms with Crippen LogP contribution in [-0.4, -0.2) is 27.2 Å². The van der Waals surface area contributed by atoms with Crippen molar-refractivity contribution in [1.82, 2.24) is 14.7 Å². The monoisotopic (exact) mass is 406 g/mol. The number of carbonyl (C=O) groups excluding carboxylic acids is 1. The number of rotatable bonds is 7. The standard InChI is InChI=1S/C22H19FN4O3/c1-2-29-19-8-4-3-6-17(19)24-20(28)14-27-13-5-7-18(27)22-25-21(26-30-22)15-9-11-16(23)12-10-15/h3-13H,2,14H2,1H3,(H,24,28). The van der Waals surface area contributed by atoms with Crippen molar-refractivity contribution in [2.24, 2.45) is 0 Å². The molecule has 0 aliphatic carbocycles. The highest BCUT2D eigenvalue weighted by Crippen LogP contribution is 2.25. The van der Waals surface area contributed by atoms with Crippen LogP contribution in [0.4, 0.5) is 10.1 Å². The molecule has 1 N–H and O–H groups in total. The van der Waals surface area contributed by atoms with E-state index in [4.69, 9.17) is 9.26 Å². The molecule has 4 aromatic rings. The zero-order valence-electron chi connectivity index (χ0n) is 16.2. The number of nitrogens with one attached hydrogen (secondary N) is 1. The Morgan fingerprint density at radius 1 is 1.13 bits per heavy atom. The number of para-hydroxylation sites is 2. The molecule has 0 aliphatic heterocycles. The molecule has 0 saturated carbocycles. The molecular weight excluding hydrogens is 387 g/mol. The number of benzene rings is 2. The van der Waals surface area contributed by atoms with E-state index < -0.39 is 0 Å². The van der Waals surface area contributed by atoms with Crippen LogP contribution in [0.3, 0.4) is 0 Å². The minimum Gasteiger partial charge on any atom is -0.492 e. The molecular formula is C22H19FN4O3. The van der Waals surface area contributed by atoms with Gasteiger partial charge in [-0.15, -0.1) is 0 Å². The van der Waals surface area contributed by atoms with Crippen molar-refractivity contribution in [2.75, 3.05) is 11.9 Å². The SMILES string of the molecule is CCOc1ccccc1NC(=O)Cn1cccc1-c1nc(-c2ccc(F)cc2)no1. The Balaban J connectivity index is 1.50. The van der Waals surface area contributed by atoms with Gasteiger partial charge >= 0.3 is 0 Å². The Bertz CT molecular complexity index is 1150. The topological polar surface area (TPSA) is 82.2 Å². The lowest BCUT2D eigenvalue weighted by Gasteiger charge is -2.12. The van der Waals surface area contributed by atoms with Gasteiger partial charge < -0.3 is 19.1 Å². The van der Waals surface area contributed by atoms with E-state index in [0.29, 0.717) is 35.1 Å². The van der Waals surface area contributed by atoms with Gasteiger partial charge in [-0.05, 0) is 55.5 Å². The van der Waals surface area contributed by atoms with Gasteiger partial charge in [0.05, 0.1) is 12.3 Å². The maximum absolute atomic E-state index is 13.1. The lowest BCUT2D eigenvalue weighted by molar-refractivity contribution is -0.116. The zero-order valence-corrected chi connectivity index (χ0v) is 16.2. The molecule has 0 unspecified atom stereocenters. The Labute approximate surface area is 172 Å². The third-order valence-corrected chi connectivity index (χ3v) is 4.35. The summed E-state index contributed by atoms with van der Waals surface area (Å²) < 4.78 is 25.7. The van der Waals surface area contributed by atoms with Crippen LogP contribution in [0.1, 0.15) is 6.92 Å². The average Bonchev–Trinajstić information content (AvgIpc) is 3.39. The normalized spacial score (nSPS) is 10.7. The van der Waals surface area contributed by atoms with E-state index in [-0.39, 0.29) is 24.2 Å². The molecule has 0 spiro atoms. The summed E-state index contributed by atoms with van der Waals surface area (Å²) in [7, 11) is 0. The Kier molecular flexibility index (Phi) is 5.56. The summed E-state index contributed by atoms with van der Waals surface area (Å²) in [4.78, 5) is 17.0. The summed E-state index contributed by atoms with van der Waals surface area (Å²) in [5.41, 5.74) is 1.84. The zero-order chi connectivity index (χ0) is 20.9. The van der Waals surface area contributed by atoms with Gasteiger partial charge in [0.1, 0.15) is 23.8 Å². The molecule has 2 aromatic carbocycles. The van der Waals surface area contributed by atoms with Crippen LogP contribution in [-0.2, 0) is 11.3 Å². The van der Waals surface area contributed by atoms with Crippen molar-refractivity contribution in [3.8, 4) is 28.7 Å². The number of anilines is 1. The maximum atomic E-state index is 13.1. The largest absolute Gasteiger partial charge is 0.492 e. The Morgan fingerprint density at radius 3 is 2.73 bits per heavy atom. The van der Waals surface area contributed by atoms with Crippen molar-refractivity contribution >= 4 is 11.6 Å². The van der Waals surface area contributed by atoms with Crippen LogP contribution in [0.2, 0.25) is 0 Å². The summed E-state index contributed by atoms with van der Waals surface area (Å²) >= 11 is 0. The number of hydrogen-bond acceptors (Lipinski definition) is 5. The number of ether oxygens (including phenoxy) is 1. The number of aromatic nitrogens is 3. The number of hydrogen-bond donors (Lipinski definition) is 1. The molecule has 152 valence electrons. The predicted octanol–water partition coefficient (Wildman–Crippen LogP) is 4.38. The summed E-state index contributed by atoms with van der Waals surface area (Å²) in [5.74, 6) is 0.655. The second-order valence-corrected chi connectivity index (χ2v) is 6.43. The van der Waals surface area contributed by atoms with Crippen molar-refractivity contribution in [1.29, 1.82) is 0 Å². The minimum atomic E-state index is -0.340. The van der Waals surface area contributed by atoms with E-state index in [0.717, 1.165) is 0 Å². The lowest BCUT2D eigenvalue weighted by atomic mass is 10.2. The van der Waals surface area contributed by atoms with Crippen LogP contribution in [0.25, 0.3) is 23.0 Å². The highest BCUT2D eigenvalue weighted by molar-refractivity contribution is 5.92. The van der Waals surface area contributed by atoms with Crippen LogP contribution in [0.15, 0.2) is 71.4 Å². The van der Waals surface area contributed by atoms with E-state index in [1.807, 2.05) is 19.1 Å². The fraction of sp³-hybridized carbons (Fsp3) is 0.136. The van der Waals surface area contributed by atoms with Crippen molar-refractivity contribution < 1.29 is 18.4 Å². The van der Waals surface area contributed by atoms with Crippen LogP contribution in [0, 0.1) is 5.82 Å². The first-order valence-corrected chi connectivity index (χ1v) is 9.41. The Hall–Kier alpha value is -3.94. The summed E-state index contributed by atoms with van der Waals surface area (Å²) in [5, 5.41) is 6.81. The summed E-state index contributed by atoms with van der Waals surface area (Å²) in [6, 6.07) is 16.6. The van der Waals surface area contributed by atoms with E-state index in [1.54, 1.807) is 47.2 Å². The van der Waals surface area contributed by atoms with Gasteiger partial charge in [0.2, 0.25) is 11.7 Å². The van der Waals surface area contributed by atoms with Crippen molar-refractivity contribution in [3.05, 3.63) is 72.7 Å². The summed E-state index contributed by atoms with van der Waals surface area (Å²) in [6.45, 7) is 2.44. The molecule has 7 nitrogen and oxygen atoms in total. The molecule has 0 bridgehead atoms. The molecule has 4 rings (SSSR count). The van der Waals surface area contributed by atoms with Crippen LogP contribution < -0.4 is 10.1 Å². The smallest absolute Gasteiger partial charge is 0.274 e. The third-order valence-electron chi connectivity index (χ3n) is 4.35. The van der Waals surface area contributed by atoms with E-state index in [2.05, 4.69) is 15.5 Å². The molecule has 1 amide bonds. The van der Waals surface area contributed by atoms with Crippen LogP contribution >= 0.6 is 0 Å². The molecule has 0 aliphatic rings. The highest BCUT2D eigenvalue weighted by atomic mass is 19.1. The second kappa shape index (κ2) is 8.60. The predicted molar refractivity (Wildman–Crippen MR) is 109 cm³/mol. The van der Waals surface area contributed by atoms with Gasteiger partial charge in [0, 0.05) is 11.8 Å². The highest BCUT2D eigenvalue weighted by Gasteiger charge is 2.16. The first kappa shape index (κ1) is 19.4. The van der Waals surface area contributed by atoms with Crippen LogP contribution in [0.5, 0.6) is 5.75 Å². The molecule has 0 atom stereocenters. The molecule has 0 saturated heterocycles. The lowest BCUT2D eigenvalue weighted by Crippen LogP contribution is -2.19. The van der Waals surface area contributed by atoms with Gasteiger partial charge in [-0.25, -0.2) is 4.39 Å². The number of nitrogens with zero attached hydrogens (tertiary/aromatic N) is 3. The molecule has 0 radical (unpaired) electrons. The maximum Gasteiger partial charge on any atom is 0.274 e. The fourth-order valence-corrected chi connectivity index (χ4v) is 2.99. The van der Waals surface area contributed by atoms with E-state index >= 15 is 0 Å². The van der Waals surface area contributed by atoms with Crippen molar-refractivity contribution in [2.45, 2.75) is 13.5 Å². The first-order chi connectivity index (χ1) is 14.6. The van der Waals surface area contributed by atoms with Gasteiger partial charge in [0.15, 0.2) is 0 Å². The number of amides is 1. The van der Waals surface area contributed by atoms with Crippen molar-refractivity contribution in [3.63, 3.8) is 0 Å². The minimum absolute atomic E-state index is 0.0526. The molecule has 2 heterocycles. The van der Waals surface area contributed by atoms with E-state index in [9.17, 15) is 9.18 Å². The van der Waals surface area contributed by atoms with Gasteiger partial charge in [-0.2, -0.15) is 4.98 Å². The molecule has 0 fully saturated rings. The molecule has 30 heavy (non-hydrogen) atoms.